The van der Waals surface area contributed by atoms with Crippen molar-refractivity contribution in [2.75, 3.05) is 13.1 Å². The van der Waals surface area contributed by atoms with Crippen molar-refractivity contribution in [3.8, 4) is 0 Å². The molecular weight excluding hydrogens is 364 g/mol. The number of furan rings is 1. The van der Waals surface area contributed by atoms with Gasteiger partial charge in [-0.15, -0.1) is 0 Å². The first-order chi connectivity index (χ1) is 12.8. The minimum Gasteiger partial charge on any atom is -0.454 e. The summed E-state index contributed by atoms with van der Waals surface area (Å²) >= 11 is 6.08. The van der Waals surface area contributed by atoms with Crippen molar-refractivity contribution in [3.05, 3.63) is 58.5 Å². The monoisotopic (exact) mass is 390 g/mol. The number of aliphatic imine (C=N–C) groups is 1. The zero-order valence-corrected chi connectivity index (χ0v) is 16.8. The highest BCUT2D eigenvalue weighted by molar-refractivity contribution is 6.30. The summed E-state index contributed by atoms with van der Waals surface area (Å²) in [5.41, 5.74) is 6.40. The van der Waals surface area contributed by atoms with Crippen molar-refractivity contribution in [2.24, 2.45) is 16.1 Å². The molecule has 146 valence electrons. The molecule has 0 unspecified atom stereocenters. The van der Waals surface area contributed by atoms with E-state index in [1.165, 1.54) is 5.56 Å². The zero-order valence-electron chi connectivity index (χ0n) is 16.0. The Kier molecular flexibility index (Phi) is 7.30. The lowest BCUT2D eigenvalue weighted by Gasteiger charge is -2.26. The molecule has 0 atom stereocenters. The average Bonchev–Trinajstić information content (AvgIpc) is 3.06. The van der Waals surface area contributed by atoms with Gasteiger partial charge in [-0.05, 0) is 48.6 Å². The molecule has 0 fully saturated rings. The van der Waals surface area contributed by atoms with Crippen LogP contribution in [0.15, 0.2) is 45.8 Å². The largest absolute Gasteiger partial charge is 0.454 e. The summed E-state index contributed by atoms with van der Waals surface area (Å²) in [6.45, 7) is 8.18. The van der Waals surface area contributed by atoms with E-state index < -0.39 is 5.91 Å². The predicted molar refractivity (Wildman–Crippen MR) is 109 cm³/mol. The van der Waals surface area contributed by atoms with Crippen molar-refractivity contribution >= 4 is 23.5 Å². The molecule has 2 rings (SSSR count). The van der Waals surface area contributed by atoms with Crippen LogP contribution in [0.3, 0.4) is 0 Å². The molecule has 0 aliphatic heterocycles. The van der Waals surface area contributed by atoms with Gasteiger partial charge >= 0.3 is 0 Å². The summed E-state index contributed by atoms with van der Waals surface area (Å²) in [6, 6.07) is 11.2. The van der Waals surface area contributed by atoms with E-state index in [-0.39, 0.29) is 11.2 Å². The van der Waals surface area contributed by atoms with Gasteiger partial charge in [0, 0.05) is 18.1 Å². The van der Waals surface area contributed by atoms with Gasteiger partial charge in [-0.1, -0.05) is 37.6 Å². The highest BCUT2D eigenvalue weighted by Gasteiger charge is 2.19. The third-order valence-corrected chi connectivity index (χ3v) is 4.18. The zero-order chi connectivity index (χ0) is 19.9. The van der Waals surface area contributed by atoms with Crippen LogP contribution in [-0.4, -0.2) is 25.0 Å². The molecule has 1 aromatic heterocycles. The Morgan fingerprint density at radius 3 is 2.67 bits per heavy atom. The van der Waals surface area contributed by atoms with Crippen molar-refractivity contribution in [2.45, 2.75) is 33.7 Å². The fourth-order valence-electron chi connectivity index (χ4n) is 2.68. The Hall–Kier alpha value is -2.47. The molecule has 0 aliphatic carbocycles. The van der Waals surface area contributed by atoms with Crippen LogP contribution in [0.1, 0.15) is 42.6 Å². The van der Waals surface area contributed by atoms with Crippen molar-refractivity contribution < 1.29 is 9.21 Å². The van der Waals surface area contributed by atoms with Gasteiger partial charge in [0.25, 0.3) is 5.91 Å². The molecule has 6 nitrogen and oxygen atoms in total. The molecule has 2 aromatic rings. The molecule has 1 amide bonds. The number of rotatable bonds is 8. The lowest BCUT2D eigenvalue weighted by Crippen LogP contribution is -2.42. The maximum atomic E-state index is 11.1. The number of nitrogens with one attached hydrogen (secondary N) is 2. The normalized spacial score (nSPS) is 12.1. The second kappa shape index (κ2) is 9.46. The Morgan fingerprint density at radius 1 is 1.26 bits per heavy atom. The van der Waals surface area contributed by atoms with E-state index in [2.05, 4.69) is 35.5 Å². The Balaban J connectivity index is 1.96. The lowest BCUT2D eigenvalue weighted by molar-refractivity contribution is 0.0972. The van der Waals surface area contributed by atoms with E-state index in [0.717, 1.165) is 24.5 Å². The number of guanidine groups is 1. The summed E-state index contributed by atoms with van der Waals surface area (Å²) in [5.74, 6) is 0.826. The molecule has 0 radical (unpaired) electrons. The fourth-order valence-corrected chi connectivity index (χ4v) is 2.89. The SMILES string of the molecule is CCNC(=NCc1ccc(C(N)=O)o1)NCC(C)(C)Cc1cccc(Cl)c1. The van der Waals surface area contributed by atoms with Crippen LogP contribution in [0.5, 0.6) is 0 Å². The molecule has 0 spiro atoms. The van der Waals surface area contributed by atoms with Crippen LogP contribution in [0.2, 0.25) is 5.02 Å². The van der Waals surface area contributed by atoms with E-state index in [9.17, 15) is 4.79 Å². The summed E-state index contributed by atoms with van der Waals surface area (Å²) in [7, 11) is 0. The molecule has 1 heterocycles. The number of amides is 1. The third kappa shape index (κ3) is 6.98. The van der Waals surface area contributed by atoms with Crippen molar-refractivity contribution in [1.29, 1.82) is 0 Å². The number of hydrogen-bond donors (Lipinski definition) is 3. The van der Waals surface area contributed by atoms with Crippen LogP contribution in [0.25, 0.3) is 0 Å². The first kappa shape index (κ1) is 20.8. The Labute approximate surface area is 165 Å². The van der Waals surface area contributed by atoms with Crippen molar-refractivity contribution in [3.63, 3.8) is 0 Å². The number of carbonyl (C=O) groups excluding carboxylic acids is 1. The molecule has 4 N–H and O–H groups in total. The van der Waals surface area contributed by atoms with Gasteiger partial charge in [-0.2, -0.15) is 0 Å². The van der Waals surface area contributed by atoms with Gasteiger partial charge in [-0.3, -0.25) is 4.79 Å². The Morgan fingerprint density at radius 2 is 2.04 bits per heavy atom. The van der Waals surface area contributed by atoms with Crippen LogP contribution in [-0.2, 0) is 13.0 Å². The van der Waals surface area contributed by atoms with E-state index in [1.54, 1.807) is 12.1 Å². The number of nitrogens with zero attached hydrogens (tertiary/aromatic N) is 1. The van der Waals surface area contributed by atoms with Crippen LogP contribution in [0, 0.1) is 5.41 Å². The summed E-state index contributed by atoms with van der Waals surface area (Å²) in [4.78, 5) is 15.6. The molecule has 1 aromatic carbocycles. The average molecular weight is 391 g/mol. The molecule has 27 heavy (non-hydrogen) atoms. The minimum atomic E-state index is -0.585. The van der Waals surface area contributed by atoms with E-state index in [1.807, 2.05) is 25.1 Å². The predicted octanol–water partition coefficient (Wildman–Crippen LogP) is 3.36. The summed E-state index contributed by atoms with van der Waals surface area (Å²) in [5, 5.41) is 7.33. The minimum absolute atomic E-state index is 0.00466. The van der Waals surface area contributed by atoms with Gasteiger partial charge in [0.1, 0.15) is 12.3 Å². The van der Waals surface area contributed by atoms with E-state index in [0.29, 0.717) is 18.3 Å². The van der Waals surface area contributed by atoms with Gasteiger partial charge in [0.15, 0.2) is 11.7 Å². The summed E-state index contributed by atoms with van der Waals surface area (Å²) < 4.78 is 5.36. The topological polar surface area (TPSA) is 92.6 Å². The highest BCUT2D eigenvalue weighted by Crippen LogP contribution is 2.22. The van der Waals surface area contributed by atoms with Crippen LogP contribution < -0.4 is 16.4 Å². The van der Waals surface area contributed by atoms with Gasteiger partial charge in [0.2, 0.25) is 0 Å². The third-order valence-electron chi connectivity index (χ3n) is 3.95. The van der Waals surface area contributed by atoms with Gasteiger partial charge in [-0.25, -0.2) is 4.99 Å². The van der Waals surface area contributed by atoms with Crippen molar-refractivity contribution in [1.82, 2.24) is 10.6 Å². The number of halogens is 1. The molecule has 0 saturated heterocycles. The van der Waals surface area contributed by atoms with Gasteiger partial charge in [0.05, 0.1) is 0 Å². The molecule has 7 heteroatoms. The number of benzene rings is 1. The number of primary amides is 1. The first-order valence-electron chi connectivity index (χ1n) is 8.94. The number of hydrogen-bond acceptors (Lipinski definition) is 3. The van der Waals surface area contributed by atoms with E-state index >= 15 is 0 Å². The summed E-state index contributed by atoms with van der Waals surface area (Å²) in [6.07, 6.45) is 0.889. The standard InChI is InChI=1S/C20H27ClN4O2/c1-4-23-19(24-12-16-8-9-17(27-16)18(22)26)25-13-20(2,3)11-14-6-5-7-15(21)10-14/h5-10H,4,11-13H2,1-3H3,(H2,22,26)(H2,23,24,25). The van der Waals surface area contributed by atoms with Crippen LogP contribution in [0.4, 0.5) is 0 Å². The maximum absolute atomic E-state index is 11.1. The highest BCUT2D eigenvalue weighted by atomic mass is 35.5. The number of nitrogens with two attached hydrogens (primary N) is 1. The second-order valence-electron chi connectivity index (χ2n) is 7.15. The maximum Gasteiger partial charge on any atom is 0.284 e. The van der Waals surface area contributed by atoms with Crippen LogP contribution >= 0.6 is 11.6 Å². The second-order valence-corrected chi connectivity index (χ2v) is 7.59. The first-order valence-corrected chi connectivity index (χ1v) is 9.32. The Bertz CT molecular complexity index is 799. The molecule has 0 bridgehead atoms. The smallest absolute Gasteiger partial charge is 0.284 e. The molecular formula is C20H27ClN4O2. The quantitative estimate of drug-likeness (QED) is 0.476. The number of carbonyl (C=O) groups is 1. The van der Waals surface area contributed by atoms with Gasteiger partial charge < -0.3 is 20.8 Å². The molecule has 0 saturated carbocycles. The fraction of sp³-hybridized carbons (Fsp3) is 0.400. The molecule has 0 aliphatic rings. The lowest BCUT2D eigenvalue weighted by atomic mass is 9.86. The van der Waals surface area contributed by atoms with E-state index in [4.69, 9.17) is 21.8 Å².